The Morgan fingerprint density at radius 3 is 2.25 bits per heavy atom. The average Bonchev–Trinajstić information content (AvgIpc) is 2.76. The molecule has 0 bridgehead atoms. The molecule has 0 atom stereocenters. The van der Waals surface area contributed by atoms with Gasteiger partial charge in [0.05, 0.1) is 17.1 Å². The summed E-state index contributed by atoms with van der Waals surface area (Å²) < 4.78 is 31.9. The van der Waals surface area contributed by atoms with E-state index in [0.29, 0.717) is 27.0 Å². The molecule has 0 radical (unpaired) electrons. The van der Waals surface area contributed by atoms with Crippen LogP contribution in [0.2, 0.25) is 0 Å². The predicted molar refractivity (Wildman–Crippen MR) is 121 cm³/mol. The first-order valence-corrected chi connectivity index (χ1v) is 10.2. The summed E-state index contributed by atoms with van der Waals surface area (Å²) in [5, 5.41) is 6.51. The molecular weight excluding hydrogens is 484 g/mol. The molecule has 32 heavy (non-hydrogen) atoms. The number of carbonyl (C=O) groups excluding carboxylic acids is 2. The standard InChI is InChI=1S/C23H18BrF2N3O3/c24-20-11-16(13-27-29-22(30)12-15-1-4-17(25)5-2-15)3-10-21(20)32-14-23(31)28-19-8-6-18(26)7-9-19/h1-11,13H,12,14H2,(H,28,31)(H,29,30)/b27-13+. The number of hydrazone groups is 1. The highest BCUT2D eigenvalue weighted by Gasteiger charge is 2.07. The Balaban J connectivity index is 1.47. The molecule has 0 aliphatic rings. The molecule has 0 aliphatic heterocycles. The van der Waals surface area contributed by atoms with Crippen molar-refractivity contribution >= 4 is 39.6 Å². The number of nitrogens with zero attached hydrogens (tertiary/aromatic N) is 1. The van der Waals surface area contributed by atoms with Crippen LogP contribution in [0.15, 0.2) is 76.3 Å². The number of ether oxygens (including phenoxy) is 1. The van der Waals surface area contributed by atoms with Crippen LogP contribution in [0.5, 0.6) is 5.75 Å². The van der Waals surface area contributed by atoms with Crippen molar-refractivity contribution in [3.05, 3.63) is 94.0 Å². The van der Waals surface area contributed by atoms with E-state index in [-0.39, 0.29) is 30.6 Å². The molecule has 2 N–H and O–H groups in total. The van der Waals surface area contributed by atoms with Gasteiger partial charge in [0.15, 0.2) is 6.61 Å². The highest BCUT2D eigenvalue weighted by Crippen LogP contribution is 2.25. The lowest BCUT2D eigenvalue weighted by molar-refractivity contribution is -0.120. The number of amides is 2. The van der Waals surface area contributed by atoms with Crippen molar-refractivity contribution in [1.29, 1.82) is 0 Å². The minimum absolute atomic E-state index is 0.0775. The van der Waals surface area contributed by atoms with E-state index in [0.717, 1.165) is 0 Å². The number of hydrogen-bond donors (Lipinski definition) is 2. The third-order valence-corrected chi connectivity index (χ3v) is 4.74. The molecule has 3 aromatic rings. The fourth-order valence-corrected chi connectivity index (χ4v) is 3.10. The smallest absolute Gasteiger partial charge is 0.262 e. The molecule has 0 saturated carbocycles. The summed E-state index contributed by atoms with van der Waals surface area (Å²) in [5.74, 6) is -1.04. The molecule has 164 valence electrons. The first-order valence-electron chi connectivity index (χ1n) is 9.43. The Kier molecular flexibility index (Phi) is 8.04. The summed E-state index contributed by atoms with van der Waals surface area (Å²) in [6, 6.07) is 16.1. The molecule has 9 heteroatoms. The van der Waals surface area contributed by atoms with Gasteiger partial charge in [-0.15, -0.1) is 0 Å². The van der Waals surface area contributed by atoms with Crippen LogP contribution in [-0.4, -0.2) is 24.6 Å². The lowest BCUT2D eigenvalue weighted by Gasteiger charge is -2.09. The molecule has 0 spiro atoms. The van der Waals surface area contributed by atoms with Gasteiger partial charge in [0, 0.05) is 5.69 Å². The number of carbonyl (C=O) groups is 2. The van der Waals surface area contributed by atoms with Crippen molar-refractivity contribution < 1.29 is 23.1 Å². The fraction of sp³-hybridized carbons (Fsp3) is 0.0870. The summed E-state index contributed by atoms with van der Waals surface area (Å²) in [5.41, 5.74) is 4.23. The Hall–Kier alpha value is -3.59. The summed E-state index contributed by atoms with van der Waals surface area (Å²) >= 11 is 3.36. The van der Waals surface area contributed by atoms with Gasteiger partial charge in [0.1, 0.15) is 17.4 Å². The van der Waals surface area contributed by atoms with Crippen LogP contribution in [-0.2, 0) is 16.0 Å². The number of benzene rings is 3. The maximum atomic E-state index is 12.9. The van der Waals surface area contributed by atoms with Crippen LogP contribution < -0.4 is 15.5 Å². The molecule has 3 rings (SSSR count). The molecule has 3 aromatic carbocycles. The van der Waals surface area contributed by atoms with Gasteiger partial charge in [-0.1, -0.05) is 12.1 Å². The Labute approximate surface area is 191 Å². The van der Waals surface area contributed by atoms with Crippen LogP contribution in [0, 0.1) is 11.6 Å². The summed E-state index contributed by atoms with van der Waals surface area (Å²) in [4.78, 5) is 23.9. The summed E-state index contributed by atoms with van der Waals surface area (Å²) in [6.45, 7) is -0.233. The molecular formula is C23H18BrF2N3O3. The third kappa shape index (κ3) is 7.28. The topological polar surface area (TPSA) is 79.8 Å². The fourth-order valence-electron chi connectivity index (χ4n) is 2.59. The van der Waals surface area contributed by atoms with Gasteiger partial charge in [-0.2, -0.15) is 5.10 Å². The maximum absolute atomic E-state index is 12.9. The van der Waals surface area contributed by atoms with Crippen LogP contribution in [0.3, 0.4) is 0 Å². The molecule has 2 amide bonds. The van der Waals surface area contributed by atoms with Crippen LogP contribution in [0.1, 0.15) is 11.1 Å². The van der Waals surface area contributed by atoms with Crippen molar-refractivity contribution in [2.45, 2.75) is 6.42 Å². The number of anilines is 1. The van der Waals surface area contributed by atoms with E-state index in [1.165, 1.54) is 54.7 Å². The Morgan fingerprint density at radius 2 is 1.59 bits per heavy atom. The van der Waals surface area contributed by atoms with E-state index < -0.39 is 5.91 Å². The number of halogens is 3. The van der Waals surface area contributed by atoms with Crippen molar-refractivity contribution in [2.24, 2.45) is 5.10 Å². The SMILES string of the molecule is O=C(Cc1ccc(F)cc1)N/N=C/c1ccc(OCC(=O)Nc2ccc(F)cc2)c(Br)c1. The molecule has 0 saturated heterocycles. The zero-order valence-corrected chi connectivity index (χ0v) is 18.2. The lowest BCUT2D eigenvalue weighted by Crippen LogP contribution is -2.20. The zero-order valence-electron chi connectivity index (χ0n) is 16.6. The highest BCUT2D eigenvalue weighted by atomic mass is 79.9. The number of hydrogen-bond acceptors (Lipinski definition) is 4. The van der Waals surface area contributed by atoms with E-state index in [4.69, 9.17) is 4.74 Å². The van der Waals surface area contributed by atoms with Crippen LogP contribution in [0.4, 0.5) is 14.5 Å². The second-order valence-corrected chi connectivity index (χ2v) is 7.48. The van der Waals surface area contributed by atoms with Gasteiger partial charge in [0.2, 0.25) is 5.91 Å². The minimum atomic E-state index is -0.391. The first kappa shape index (κ1) is 23.1. The molecule has 0 aliphatic carbocycles. The quantitative estimate of drug-likeness (QED) is 0.353. The van der Waals surface area contributed by atoms with Crippen molar-refractivity contribution in [3.8, 4) is 5.75 Å². The van der Waals surface area contributed by atoms with Gasteiger partial charge in [-0.3, -0.25) is 9.59 Å². The normalized spacial score (nSPS) is 10.7. The monoisotopic (exact) mass is 501 g/mol. The average molecular weight is 502 g/mol. The van der Waals surface area contributed by atoms with E-state index in [1.54, 1.807) is 18.2 Å². The van der Waals surface area contributed by atoms with Gasteiger partial charge in [-0.25, -0.2) is 14.2 Å². The van der Waals surface area contributed by atoms with E-state index in [1.807, 2.05) is 0 Å². The number of nitrogens with one attached hydrogen (secondary N) is 2. The molecule has 0 unspecified atom stereocenters. The van der Waals surface area contributed by atoms with Crippen molar-refractivity contribution in [1.82, 2.24) is 5.43 Å². The zero-order chi connectivity index (χ0) is 22.9. The molecule has 0 heterocycles. The largest absolute Gasteiger partial charge is 0.483 e. The highest BCUT2D eigenvalue weighted by molar-refractivity contribution is 9.10. The van der Waals surface area contributed by atoms with Crippen LogP contribution in [0.25, 0.3) is 0 Å². The summed E-state index contributed by atoms with van der Waals surface area (Å²) in [7, 11) is 0. The van der Waals surface area contributed by atoms with E-state index in [9.17, 15) is 18.4 Å². The van der Waals surface area contributed by atoms with E-state index in [2.05, 4.69) is 31.8 Å². The summed E-state index contributed by atoms with van der Waals surface area (Å²) in [6.07, 6.45) is 1.53. The maximum Gasteiger partial charge on any atom is 0.262 e. The number of rotatable bonds is 8. The predicted octanol–water partition coefficient (Wildman–Crippen LogP) is 4.44. The van der Waals surface area contributed by atoms with Gasteiger partial charge >= 0.3 is 0 Å². The van der Waals surface area contributed by atoms with E-state index >= 15 is 0 Å². The van der Waals surface area contributed by atoms with Gasteiger partial charge in [0.25, 0.3) is 5.91 Å². The molecule has 6 nitrogen and oxygen atoms in total. The Morgan fingerprint density at radius 1 is 0.938 bits per heavy atom. The van der Waals surface area contributed by atoms with Crippen molar-refractivity contribution in [3.63, 3.8) is 0 Å². The second-order valence-electron chi connectivity index (χ2n) is 6.63. The van der Waals surface area contributed by atoms with Crippen molar-refractivity contribution in [2.75, 3.05) is 11.9 Å². The van der Waals surface area contributed by atoms with Gasteiger partial charge < -0.3 is 10.1 Å². The third-order valence-electron chi connectivity index (χ3n) is 4.12. The molecule has 0 fully saturated rings. The lowest BCUT2D eigenvalue weighted by atomic mass is 10.1. The molecule has 0 aromatic heterocycles. The minimum Gasteiger partial charge on any atom is -0.483 e. The first-order chi connectivity index (χ1) is 15.4. The second kappa shape index (κ2) is 11.1. The van der Waals surface area contributed by atoms with Crippen LogP contribution >= 0.6 is 15.9 Å². The Bertz CT molecular complexity index is 1120. The van der Waals surface area contributed by atoms with Gasteiger partial charge in [-0.05, 0) is 81.7 Å².